The highest BCUT2D eigenvalue weighted by Gasteiger charge is 2.53. The Morgan fingerprint density at radius 3 is 2.53 bits per heavy atom. The van der Waals surface area contributed by atoms with E-state index in [1.165, 1.54) is 0 Å². The van der Waals surface area contributed by atoms with Gasteiger partial charge in [-0.25, -0.2) is 4.79 Å². The Morgan fingerprint density at radius 1 is 1.23 bits per heavy atom. The van der Waals surface area contributed by atoms with Crippen molar-refractivity contribution in [2.45, 2.75) is 64.7 Å². The van der Waals surface area contributed by atoms with Crippen LogP contribution in [0.15, 0.2) is 30.3 Å². The van der Waals surface area contributed by atoms with Gasteiger partial charge in [0.1, 0.15) is 18.4 Å². The number of carbonyl (C=O) groups excluding carboxylic acids is 1. The molecule has 0 spiro atoms. The van der Waals surface area contributed by atoms with Crippen LogP contribution in [0.3, 0.4) is 0 Å². The number of aliphatic hydroxyl groups is 1. The van der Waals surface area contributed by atoms with E-state index in [4.69, 9.17) is 14.2 Å². The molecule has 0 radical (unpaired) electrons. The maximum absolute atomic E-state index is 13.1. The second-order valence-corrected chi connectivity index (χ2v) is 9.12. The van der Waals surface area contributed by atoms with Gasteiger partial charge in [-0.1, -0.05) is 44.2 Å². The molecule has 2 aliphatic heterocycles. The second-order valence-electron chi connectivity index (χ2n) is 9.12. The van der Waals surface area contributed by atoms with Gasteiger partial charge >= 0.3 is 6.09 Å². The van der Waals surface area contributed by atoms with Crippen LogP contribution in [0.4, 0.5) is 4.79 Å². The number of hydrogen-bond donors (Lipinski definition) is 1. The maximum Gasteiger partial charge on any atom is 0.412 e. The van der Waals surface area contributed by atoms with E-state index in [1.807, 2.05) is 44.2 Å². The lowest BCUT2D eigenvalue weighted by Crippen LogP contribution is -2.51. The predicted octanol–water partition coefficient (Wildman–Crippen LogP) is 2.87. The van der Waals surface area contributed by atoms with Crippen molar-refractivity contribution in [3.05, 3.63) is 35.9 Å². The highest BCUT2D eigenvalue weighted by Crippen LogP contribution is 2.37. The van der Waals surface area contributed by atoms with Crippen LogP contribution < -0.4 is 0 Å². The van der Waals surface area contributed by atoms with Crippen molar-refractivity contribution in [1.82, 2.24) is 9.80 Å². The first kappa shape index (κ1) is 23.0. The first-order chi connectivity index (χ1) is 14.3. The second kappa shape index (κ2) is 10.1. The number of morpholine rings is 1. The van der Waals surface area contributed by atoms with Crippen molar-refractivity contribution in [3.63, 3.8) is 0 Å². The summed E-state index contributed by atoms with van der Waals surface area (Å²) in [5, 5.41) is 11.0. The lowest BCUT2D eigenvalue weighted by atomic mass is 9.95. The molecular formula is C23H36N2O5. The molecular weight excluding hydrogens is 384 g/mol. The van der Waals surface area contributed by atoms with E-state index in [1.54, 1.807) is 4.90 Å². The molecule has 2 fully saturated rings. The van der Waals surface area contributed by atoms with Gasteiger partial charge in [-0.3, -0.25) is 9.80 Å². The Morgan fingerprint density at radius 2 is 1.90 bits per heavy atom. The molecule has 7 heteroatoms. The van der Waals surface area contributed by atoms with Crippen LogP contribution in [0, 0.1) is 5.92 Å². The zero-order valence-electron chi connectivity index (χ0n) is 18.6. The number of ether oxygens (including phenoxy) is 3. The molecule has 2 saturated heterocycles. The molecule has 0 aliphatic carbocycles. The number of amides is 1. The van der Waals surface area contributed by atoms with Crippen molar-refractivity contribution in [2.24, 2.45) is 5.92 Å². The van der Waals surface area contributed by atoms with E-state index in [-0.39, 0.29) is 12.6 Å². The Balaban J connectivity index is 1.71. The van der Waals surface area contributed by atoms with E-state index in [0.717, 1.165) is 25.1 Å². The van der Waals surface area contributed by atoms with Crippen LogP contribution in [-0.4, -0.2) is 77.8 Å². The van der Waals surface area contributed by atoms with Crippen molar-refractivity contribution in [2.75, 3.05) is 32.8 Å². The summed E-state index contributed by atoms with van der Waals surface area (Å²) >= 11 is 0. The standard InChI is InChI=1S/C23H36N2O5/c1-17(2)14-19-21(20(26)15-24-10-12-28-13-11-24)30-23(3,4)25(19)22(27)29-16-18-8-6-5-7-9-18/h5-9,17,19-21,26H,10-16H2,1-4H3/t19-,20?,21?/m0/s1. The number of carbonyl (C=O) groups is 1. The zero-order chi connectivity index (χ0) is 21.7. The Hall–Kier alpha value is -1.67. The van der Waals surface area contributed by atoms with Crippen LogP contribution >= 0.6 is 0 Å². The maximum atomic E-state index is 13.1. The number of rotatable bonds is 7. The molecule has 1 aromatic carbocycles. The van der Waals surface area contributed by atoms with Crippen molar-refractivity contribution in [3.8, 4) is 0 Å². The third-order valence-corrected chi connectivity index (χ3v) is 5.76. The number of aliphatic hydroxyl groups excluding tert-OH is 1. The Labute approximate surface area is 179 Å². The Bertz CT molecular complexity index is 675. The molecule has 1 N–H and O–H groups in total. The molecule has 2 aliphatic rings. The number of nitrogens with zero attached hydrogens (tertiary/aromatic N) is 2. The first-order valence-corrected chi connectivity index (χ1v) is 10.9. The lowest BCUT2D eigenvalue weighted by molar-refractivity contribution is -0.107. The SMILES string of the molecule is CC(C)C[C@H]1C(C(O)CN2CCOCC2)OC(C)(C)N1C(=O)OCc1ccccc1. The van der Waals surface area contributed by atoms with Crippen molar-refractivity contribution in [1.29, 1.82) is 0 Å². The van der Waals surface area contributed by atoms with Gasteiger partial charge in [0.2, 0.25) is 0 Å². The van der Waals surface area contributed by atoms with E-state index in [9.17, 15) is 9.90 Å². The summed E-state index contributed by atoms with van der Waals surface area (Å²) in [5.41, 5.74) is 0.0809. The topological polar surface area (TPSA) is 71.5 Å². The smallest absolute Gasteiger partial charge is 0.412 e. The number of benzene rings is 1. The average Bonchev–Trinajstić information content (AvgIpc) is 2.97. The van der Waals surface area contributed by atoms with Crippen LogP contribution in [0.5, 0.6) is 0 Å². The molecule has 3 atom stereocenters. The highest BCUT2D eigenvalue weighted by atomic mass is 16.6. The van der Waals surface area contributed by atoms with Gasteiger partial charge in [-0.15, -0.1) is 0 Å². The summed E-state index contributed by atoms with van der Waals surface area (Å²) < 4.78 is 17.3. The van der Waals surface area contributed by atoms with Crippen molar-refractivity contribution >= 4 is 6.09 Å². The summed E-state index contributed by atoms with van der Waals surface area (Å²) in [6.07, 6.45) is -0.836. The molecule has 30 heavy (non-hydrogen) atoms. The van der Waals surface area contributed by atoms with Crippen LogP contribution in [-0.2, 0) is 20.8 Å². The van der Waals surface area contributed by atoms with Crippen molar-refractivity contribution < 1.29 is 24.1 Å². The molecule has 0 bridgehead atoms. The van der Waals surface area contributed by atoms with Crippen LogP contribution in [0.1, 0.15) is 39.7 Å². The summed E-state index contributed by atoms with van der Waals surface area (Å²) in [4.78, 5) is 17.0. The molecule has 1 aromatic rings. The van der Waals surface area contributed by atoms with Gasteiger partial charge in [0.05, 0.1) is 25.4 Å². The van der Waals surface area contributed by atoms with Gasteiger partial charge in [-0.05, 0) is 31.7 Å². The minimum atomic E-state index is -0.857. The minimum Gasteiger partial charge on any atom is -0.444 e. The molecule has 0 saturated carbocycles. The van der Waals surface area contributed by atoms with Gasteiger partial charge in [0.15, 0.2) is 0 Å². The fourth-order valence-corrected chi connectivity index (χ4v) is 4.37. The third-order valence-electron chi connectivity index (χ3n) is 5.76. The number of hydrogen-bond acceptors (Lipinski definition) is 6. The average molecular weight is 421 g/mol. The van der Waals surface area contributed by atoms with Gasteiger partial charge in [0.25, 0.3) is 0 Å². The van der Waals surface area contributed by atoms with Gasteiger partial charge in [0, 0.05) is 19.6 Å². The summed E-state index contributed by atoms with van der Waals surface area (Å²) in [6.45, 7) is 11.6. The quantitative estimate of drug-likeness (QED) is 0.731. The summed E-state index contributed by atoms with van der Waals surface area (Å²) in [6, 6.07) is 9.39. The summed E-state index contributed by atoms with van der Waals surface area (Å²) in [7, 11) is 0. The van der Waals surface area contributed by atoms with E-state index in [2.05, 4.69) is 18.7 Å². The third kappa shape index (κ3) is 5.72. The number of β-amino-alcohol motifs (C(OH)–C–C–N with tert-alkyl or cyclic N) is 1. The fraction of sp³-hybridized carbons (Fsp3) is 0.696. The van der Waals surface area contributed by atoms with Crippen LogP contribution in [0.2, 0.25) is 0 Å². The largest absolute Gasteiger partial charge is 0.444 e. The zero-order valence-corrected chi connectivity index (χ0v) is 18.6. The van der Waals surface area contributed by atoms with Crippen LogP contribution in [0.25, 0.3) is 0 Å². The molecule has 2 unspecified atom stereocenters. The predicted molar refractivity (Wildman–Crippen MR) is 114 cm³/mol. The van der Waals surface area contributed by atoms with E-state index < -0.39 is 24.0 Å². The Kier molecular flexibility index (Phi) is 7.74. The first-order valence-electron chi connectivity index (χ1n) is 10.9. The fourth-order valence-electron chi connectivity index (χ4n) is 4.37. The lowest BCUT2D eigenvalue weighted by Gasteiger charge is -2.34. The molecule has 7 nitrogen and oxygen atoms in total. The normalized spacial score (nSPS) is 25.5. The van der Waals surface area contributed by atoms with Gasteiger partial charge in [-0.2, -0.15) is 0 Å². The minimum absolute atomic E-state index is 0.210. The summed E-state index contributed by atoms with van der Waals surface area (Å²) in [5.74, 6) is 0.343. The molecule has 2 heterocycles. The highest BCUT2D eigenvalue weighted by molar-refractivity contribution is 5.69. The molecule has 0 aromatic heterocycles. The van der Waals surface area contributed by atoms with E-state index >= 15 is 0 Å². The molecule has 3 rings (SSSR count). The van der Waals surface area contributed by atoms with Gasteiger partial charge < -0.3 is 19.3 Å². The monoisotopic (exact) mass is 420 g/mol. The molecule has 1 amide bonds. The molecule has 168 valence electrons. The van der Waals surface area contributed by atoms with E-state index in [0.29, 0.717) is 25.7 Å².